The second kappa shape index (κ2) is 4.41. The van der Waals surface area contributed by atoms with Gasteiger partial charge in [0.15, 0.2) is 0 Å². The Balaban J connectivity index is 1.75. The summed E-state index contributed by atoms with van der Waals surface area (Å²) in [6, 6.07) is 6.46. The van der Waals surface area contributed by atoms with Crippen LogP contribution in [0.3, 0.4) is 0 Å². The Kier molecular flexibility index (Phi) is 2.73. The van der Waals surface area contributed by atoms with Crippen LogP contribution in [0.4, 0.5) is 4.39 Å². The molecule has 1 fully saturated rings. The van der Waals surface area contributed by atoms with Gasteiger partial charge in [-0.05, 0) is 61.4 Å². The van der Waals surface area contributed by atoms with Crippen LogP contribution in [0, 0.1) is 17.2 Å². The third-order valence-corrected chi connectivity index (χ3v) is 5.52. The maximum atomic E-state index is 13.1. The van der Waals surface area contributed by atoms with Gasteiger partial charge in [0, 0.05) is 11.1 Å². The highest BCUT2D eigenvalue weighted by molar-refractivity contribution is 5.37. The molecule has 21 heavy (non-hydrogen) atoms. The summed E-state index contributed by atoms with van der Waals surface area (Å²) in [6.07, 6.45) is 5.51. The van der Waals surface area contributed by atoms with E-state index >= 15 is 0 Å². The molecule has 3 atom stereocenters. The first-order valence-corrected chi connectivity index (χ1v) is 7.58. The predicted octanol–water partition coefficient (Wildman–Crippen LogP) is 2.89. The lowest BCUT2D eigenvalue weighted by molar-refractivity contribution is 0.0340. The lowest BCUT2D eigenvalue weighted by Gasteiger charge is -2.38. The van der Waals surface area contributed by atoms with Crippen molar-refractivity contribution < 1.29 is 9.50 Å². The van der Waals surface area contributed by atoms with E-state index in [2.05, 4.69) is 12.0 Å². The minimum Gasteiger partial charge on any atom is -0.393 e. The first-order valence-electron chi connectivity index (χ1n) is 7.58. The van der Waals surface area contributed by atoms with Crippen LogP contribution in [0.25, 0.3) is 5.69 Å². The van der Waals surface area contributed by atoms with Crippen LogP contribution in [0.1, 0.15) is 31.0 Å². The summed E-state index contributed by atoms with van der Waals surface area (Å²) < 4.78 is 15.0. The Morgan fingerprint density at radius 2 is 2.05 bits per heavy atom. The maximum absolute atomic E-state index is 13.1. The number of aliphatic hydroxyl groups is 1. The topological polar surface area (TPSA) is 38.0 Å². The van der Waals surface area contributed by atoms with Crippen molar-refractivity contribution in [2.75, 3.05) is 0 Å². The van der Waals surface area contributed by atoms with Crippen molar-refractivity contribution >= 4 is 0 Å². The number of rotatable bonds is 1. The molecular formula is C17H19FN2O. The van der Waals surface area contributed by atoms with Crippen LogP contribution in [0.5, 0.6) is 0 Å². The van der Waals surface area contributed by atoms with E-state index in [0.29, 0.717) is 5.92 Å². The number of halogens is 1. The molecule has 2 aliphatic rings. The molecule has 4 heteroatoms. The third-order valence-electron chi connectivity index (χ3n) is 5.52. The van der Waals surface area contributed by atoms with Crippen LogP contribution < -0.4 is 0 Å². The maximum Gasteiger partial charge on any atom is 0.123 e. The minimum absolute atomic E-state index is 0.0103. The van der Waals surface area contributed by atoms with Gasteiger partial charge in [-0.25, -0.2) is 9.07 Å². The van der Waals surface area contributed by atoms with Gasteiger partial charge in [-0.3, -0.25) is 0 Å². The lowest BCUT2D eigenvalue weighted by Crippen LogP contribution is -2.39. The third kappa shape index (κ3) is 1.85. The first-order chi connectivity index (χ1) is 10.1. The van der Waals surface area contributed by atoms with Gasteiger partial charge in [0.2, 0.25) is 0 Å². The van der Waals surface area contributed by atoms with Crippen LogP contribution in [-0.2, 0) is 12.8 Å². The fourth-order valence-electron chi connectivity index (χ4n) is 4.11. The molecule has 2 aromatic rings. The lowest BCUT2D eigenvalue weighted by atomic mass is 9.68. The Morgan fingerprint density at radius 1 is 1.29 bits per heavy atom. The number of aliphatic hydroxyl groups excluding tert-OH is 1. The van der Waals surface area contributed by atoms with Crippen LogP contribution in [0.2, 0.25) is 0 Å². The number of hydrogen-bond donors (Lipinski definition) is 1. The van der Waals surface area contributed by atoms with E-state index in [4.69, 9.17) is 0 Å². The fourth-order valence-corrected chi connectivity index (χ4v) is 4.11. The Labute approximate surface area is 123 Å². The molecule has 4 rings (SSSR count). The number of benzene rings is 1. The highest BCUT2D eigenvalue weighted by atomic mass is 19.1. The molecule has 3 nitrogen and oxygen atoms in total. The van der Waals surface area contributed by atoms with Gasteiger partial charge in [0.25, 0.3) is 0 Å². The van der Waals surface area contributed by atoms with Gasteiger partial charge in [0.1, 0.15) is 5.82 Å². The molecule has 0 radical (unpaired) electrons. The van der Waals surface area contributed by atoms with Crippen LogP contribution in [-0.4, -0.2) is 21.0 Å². The quantitative estimate of drug-likeness (QED) is 0.875. The van der Waals surface area contributed by atoms with E-state index in [9.17, 15) is 9.50 Å². The molecule has 0 amide bonds. The normalized spacial score (nSPS) is 31.0. The zero-order valence-corrected chi connectivity index (χ0v) is 12.1. The Hall–Kier alpha value is -1.68. The molecule has 0 saturated heterocycles. The Bertz CT molecular complexity index is 679. The number of hydrogen-bond acceptors (Lipinski definition) is 2. The monoisotopic (exact) mass is 286 g/mol. The van der Waals surface area contributed by atoms with Gasteiger partial charge >= 0.3 is 0 Å². The van der Waals surface area contributed by atoms with Crippen LogP contribution in [0.15, 0.2) is 30.5 Å². The van der Waals surface area contributed by atoms with Crippen LogP contribution >= 0.6 is 0 Å². The van der Waals surface area contributed by atoms with Crippen molar-refractivity contribution in [2.24, 2.45) is 11.3 Å². The zero-order chi connectivity index (χ0) is 14.6. The van der Waals surface area contributed by atoms with Gasteiger partial charge in [-0.2, -0.15) is 5.10 Å². The molecule has 1 aromatic carbocycles. The second-order valence-corrected chi connectivity index (χ2v) is 6.68. The SMILES string of the molecule is C[C@]12Cc3cnn(-c4ccc(F)cc4)c3CC1CC[C@@H]2O. The average molecular weight is 286 g/mol. The van der Waals surface area contributed by atoms with Gasteiger partial charge in [-0.1, -0.05) is 6.92 Å². The summed E-state index contributed by atoms with van der Waals surface area (Å²) in [4.78, 5) is 0. The van der Waals surface area contributed by atoms with E-state index in [0.717, 1.165) is 31.4 Å². The van der Waals surface area contributed by atoms with E-state index in [1.54, 1.807) is 12.1 Å². The summed E-state index contributed by atoms with van der Waals surface area (Å²) in [5.41, 5.74) is 3.33. The van der Waals surface area contributed by atoms with Crippen molar-refractivity contribution in [2.45, 2.75) is 38.7 Å². The zero-order valence-electron chi connectivity index (χ0n) is 12.1. The van der Waals surface area contributed by atoms with E-state index < -0.39 is 0 Å². The smallest absolute Gasteiger partial charge is 0.123 e. The fraction of sp³-hybridized carbons (Fsp3) is 0.471. The van der Waals surface area contributed by atoms with Crippen molar-refractivity contribution in [3.63, 3.8) is 0 Å². The molecular weight excluding hydrogens is 267 g/mol. The molecule has 0 bridgehead atoms. The second-order valence-electron chi connectivity index (χ2n) is 6.68. The molecule has 0 aliphatic heterocycles. The number of nitrogens with zero attached hydrogens (tertiary/aromatic N) is 2. The summed E-state index contributed by atoms with van der Waals surface area (Å²) in [7, 11) is 0. The molecule has 1 aromatic heterocycles. The average Bonchev–Trinajstić information content (AvgIpc) is 2.99. The highest BCUT2D eigenvalue weighted by Crippen LogP contribution is 2.50. The van der Waals surface area contributed by atoms with E-state index in [1.807, 2.05) is 10.9 Å². The Morgan fingerprint density at radius 3 is 2.81 bits per heavy atom. The largest absolute Gasteiger partial charge is 0.393 e. The molecule has 1 unspecified atom stereocenters. The van der Waals surface area contributed by atoms with Crippen molar-refractivity contribution in [3.8, 4) is 5.69 Å². The molecule has 110 valence electrons. The molecule has 1 saturated carbocycles. The van der Waals surface area contributed by atoms with Crippen molar-refractivity contribution in [3.05, 3.63) is 47.5 Å². The summed E-state index contributed by atoms with van der Waals surface area (Å²) in [5.74, 6) is 0.280. The number of aromatic nitrogens is 2. The minimum atomic E-state index is -0.230. The predicted molar refractivity (Wildman–Crippen MR) is 77.8 cm³/mol. The molecule has 1 heterocycles. The molecule has 0 spiro atoms. The summed E-state index contributed by atoms with van der Waals surface area (Å²) >= 11 is 0. The summed E-state index contributed by atoms with van der Waals surface area (Å²) in [6.45, 7) is 2.20. The molecule has 1 N–H and O–H groups in total. The van der Waals surface area contributed by atoms with Crippen molar-refractivity contribution in [1.82, 2.24) is 9.78 Å². The van der Waals surface area contributed by atoms with Crippen molar-refractivity contribution in [1.29, 1.82) is 0 Å². The van der Waals surface area contributed by atoms with Gasteiger partial charge in [0.05, 0.1) is 18.0 Å². The number of fused-ring (bicyclic) bond motifs is 2. The van der Waals surface area contributed by atoms with Gasteiger partial charge in [-0.15, -0.1) is 0 Å². The summed E-state index contributed by atoms with van der Waals surface area (Å²) in [5, 5.41) is 14.8. The standard InChI is InChI=1S/C17H19FN2O/c1-17-9-11-10-19-20(14-5-3-13(18)4-6-14)15(11)8-12(17)2-7-16(17)21/h3-6,10,12,16,21H,2,7-9H2,1H3/t12?,16-,17-/m0/s1. The van der Waals surface area contributed by atoms with E-state index in [1.165, 1.54) is 23.4 Å². The van der Waals surface area contributed by atoms with Gasteiger partial charge < -0.3 is 5.11 Å². The first kappa shape index (κ1) is 13.0. The van der Waals surface area contributed by atoms with E-state index in [-0.39, 0.29) is 17.3 Å². The highest BCUT2D eigenvalue weighted by Gasteiger charge is 2.49. The molecule has 2 aliphatic carbocycles.